The lowest BCUT2D eigenvalue weighted by atomic mass is 9.92. The number of hydrogen-bond acceptors (Lipinski definition) is 3. The van der Waals surface area contributed by atoms with E-state index >= 15 is 0 Å². The zero-order valence-corrected chi connectivity index (χ0v) is 15.2. The summed E-state index contributed by atoms with van der Waals surface area (Å²) in [6, 6.07) is 8.30. The van der Waals surface area contributed by atoms with E-state index in [1.54, 1.807) is 4.90 Å². The summed E-state index contributed by atoms with van der Waals surface area (Å²) in [4.78, 5) is 28.3. The van der Waals surface area contributed by atoms with Crippen molar-refractivity contribution < 1.29 is 9.59 Å². The molecule has 2 rings (SSSR count). The van der Waals surface area contributed by atoms with Crippen LogP contribution in [0.15, 0.2) is 24.3 Å². The Bertz CT molecular complexity index is 583. The monoisotopic (exact) mass is 331 g/mol. The third kappa shape index (κ3) is 3.89. The third-order valence-electron chi connectivity index (χ3n) is 4.96. The van der Waals surface area contributed by atoms with Crippen LogP contribution in [-0.2, 0) is 4.79 Å². The first-order chi connectivity index (χ1) is 11.3. The van der Waals surface area contributed by atoms with Crippen LogP contribution >= 0.6 is 0 Å². The van der Waals surface area contributed by atoms with Crippen molar-refractivity contribution in [1.29, 1.82) is 0 Å². The van der Waals surface area contributed by atoms with E-state index in [-0.39, 0.29) is 23.8 Å². The molecule has 24 heavy (non-hydrogen) atoms. The first kappa shape index (κ1) is 18.3. The fraction of sp³-hybridized carbons (Fsp3) is 0.579. The van der Waals surface area contributed by atoms with E-state index in [2.05, 4.69) is 25.7 Å². The zero-order chi connectivity index (χ0) is 17.9. The van der Waals surface area contributed by atoms with E-state index in [0.29, 0.717) is 18.2 Å². The maximum absolute atomic E-state index is 12.8. The van der Waals surface area contributed by atoms with Crippen molar-refractivity contribution >= 4 is 17.5 Å². The highest BCUT2D eigenvalue weighted by molar-refractivity contribution is 5.95. The number of piperidine rings is 1. The number of likely N-dealkylation sites (tertiary alicyclic amines) is 1. The Morgan fingerprint density at radius 2 is 1.88 bits per heavy atom. The van der Waals surface area contributed by atoms with E-state index in [9.17, 15) is 9.59 Å². The fourth-order valence-electron chi connectivity index (χ4n) is 3.43. The largest absolute Gasteiger partial charge is 0.369 e. The Morgan fingerprint density at radius 1 is 1.25 bits per heavy atom. The highest BCUT2D eigenvalue weighted by Gasteiger charge is 2.32. The minimum absolute atomic E-state index is 0.0207. The Balaban J connectivity index is 2.15. The average Bonchev–Trinajstić information content (AvgIpc) is 2.55. The molecule has 0 aliphatic carbocycles. The molecule has 5 heteroatoms. The normalized spacial score (nSPS) is 21.0. The molecule has 1 saturated heterocycles. The van der Waals surface area contributed by atoms with Crippen molar-refractivity contribution in [2.24, 2.45) is 11.7 Å². The van der Waals surface area contributed by atoms with Gasteiger partial charge < -0.3 is 15.5 Å². The van der Waals surface area contributed by atoms with Gasteiger partial charge in [0.05, 0.1) is 5.92 Å². The molecule has 2 amide bonds. The molecular formula is C19H29N3O2. The summed E-state index contributed by atoms with van der Waals surface area (Å²) in [6.45, 7) is 9.81. The smallest absolute Gasteiger partial charge is 0.254 e. The number of nitrogens with zero attached hydrogens (tertiary/aromatic N) is 2. The Kier molecular flexibility index (Phi) is 5.86. The molecule has 2 atom stereocenters. The summed E-state index contributed by atoms with van der Waals surface area (Å²) in [5.74, 6) is -0.570. The number of amides is 2. The highest BCUT2D eigenvalue weighted by atomic mass is 16.2. The van der Waals surface area contributed by atoms with Crippen LogP contribution < -0.4 is 10.6 Å². The maximum atomic E-state index is 12.8. The van der Waals surface area contributed by atoms with E-state index in [1.807, 2.05) is 31.2 Å². The van der Waals surface area contributed by atoms with Crippen LogP contribution in [0.4, 0.5) is 5.69 Å². The average molecular weight is 331 g/mol. The quantitative estimate of drug-likeness (QED) is 0.902. The molecule has 5 nitrogen and oxygen atoms in total. The van der Waals surface area contributed by atoms with Gasteiger partial charge in [-0.2, -0.15) is 0 Å². The molecule has 132 valence electrons. The topological polar surface area (TPSA) is 66.6 Å². The van der Waals surface area contributed by atoms with Crippen LogP contribution in [0.3, 0.4) is 0 Å². The maximum Gasteiger partial charge on any atom is 0.254 e. The van der Waals surface area contributed by atoms with Gasteiger partial charge in [-0.25, -0.2) is 0 Å². The molecule has 1 aromatic rings. The van der Waals surface area contributed by atoms with Crippen molar-refractivity contribution in [3.63, 3.8) is 0 Å². The van der Waals surface area contributed by atoms with Crippen LogP contribution in [0.1, 0.15) is 50.9 Å². The summed E-state index contributed by atoms with van der Waals surface area (Å²) in [6.07, 6.45) is 1.58. The molecule has 1 heterocycles. The van der Waals surface area contributed by atoms with Gasteiger partial charge in [0.1, 0.15) is 0 Å². The molecule has 0 aromatic heterocycles. The first-order valence-electron chi connectivity index (χ1n) is 8.82. The molecule has 0 spiro atoms. The summed E-state index contributed by atoms with van der Waals surface area (Å²) >= 11 is 0. The molecule has 2 unspecified atom stereocenters. The molecule has 1 aromatic carbocycles. The number of carbonyl (C=O) groups is 2. The van der Waals surface area contributed by atoms with Crippen molar-refractivity contribution in [1.82, 2.24) is 4.90 Å². The summed E-state index contributed by atoms with van der Waals surface area (Å²) in [5, 5.41) is 0. The second-order valence-corrected chi connectivity index (χ2v) is 6.91. The standard InChI is InChI=1S/C19H29N3O2/c1-5-21(13(2)3)17-10-8-15(9-11-17)19(24)22-12-16(18(20)23)7-6-14(22)4/h8-11,13-14,16H,5-7,12H2,1-4H3,(H2,20,23). The van der Waals surface area contributed by atoms with E-state index in [0.717, 1.165) is 25.1 Å². The van der Waals surface area contributed by atoms with Gasteiger partial charge in [0, 0.05) is 36.4 Å². The Labute approximate surface area is 144 Å². The van der Waals surface area contributed by atoms with Gasteiger partial charge in [0.2, 0.25) is 5.91 Å². The molecule has 1 fully saturated rings. The van der Waals surface area contributed by atoms with E-state index in [1.165, 1.54) is 0 Å². The van der Waals surface area contributed by atoms with Crippen molar-refractivity contribution in [3.05, 3.63) is 29.8 Å². The molecule has 0 radical (unpaired) electrons. The predicted molar refractivity (Wildman–Crippen MR) is 97.0 cm³/mol. The number of anilines is 1. The van der Waals surface area contributed by atoms with Gasteiger partial charge in [-0.3, -0.25) is 9.59 Å². The summed E-state index contributed by atoms with van der Waals surface area (Å²) in [5.41, 5.74) is 7.21. The number of benzene rings is 1. The number of nitrogens with two attached hydrogens (primary N) is 1. The molecule has 1 aliphatic rings. The third-order valence-corrected chi connectivity index (χ3v) is 4.96. The van der Waals surface area contributed by atoms with Crippen LogP contribution in [-0.4, -0.2) is 41.9 Å². The van der Waals surface area contributed by atoms with Gasteiger partial charge >= 0.3 is 0 Å². The summed E-state index contributed by atoms with van der Waals surface area (Å²) < 4.78 is 0. The summed E-state index contributed by atoms with van der Waals surface area (Å²) in [7, 11) is 0. The Hall–Kier alpha value is -2.04. The van der Waals surface area contributed by atoms with E-state index < -0.39 is 0 Å². The van der Waals surface area contributed by atoms with Crippen LogP contribution in [0, 0.1) is 5.92 Å². The van der Waals surface area contributed by atoms with Gasteiger partial charge in [-0.05, 0) is 64.8 Å². The predicted octanol–water partition coefficient (Wildman–Crippen LogP) is 2.65. The molecule has 0 bridgehead atoms. The number of hydrogen-bond donors (Lipinski definition) is 1. The van der Waals surface area contributed by atoms with Gasteiger partial charge in [-0.15, -0.1) is 0 Å². The van der Waals surface area contributed by atoms with Crippen molar-refractivity contribution in [3.8, 4) is 0 Å². The molecule has 0 saturated carbocycles. The van der Waals surface area contributed by atoms with Crippen LogP contribution in [0.5, 0.6) is 0 Å². The van der Waals surface area contributed by atoms with Crippen molar-refractivity contribution in [2.75, 3.05) is 18.0 Å². The van der Waals surface area contributed by atoms with E-state index in [4.69, 9.17) is 5.73 Å². The highest BCUT2D eigenvalue weighted by Crippen LogP contribution is 2.25. The minimum Gasteiger partial charge on any atom is -0.369 e. The lowest BCUT2D eigenvalue weighted by Crippen LogP contribution is -2.48. The second-order valence-electron chi connectivity index (χ2n) is 6.91. The van der Waals surface area contributed by atoms with Crippen LogP contribution in [0.25, 0.3) is 0 Å². The van der Waals surface area contributed by atoms with Gasteiger partial charge in [0.15, 0.2) is 0 Å². The SMILES string of the molecule is CCN(c1ccc(C(=O)N2CC(C(N)=O)CCC2C)cc1)C(C)C. The second kappa shape index (κ2) is 7.69. The zero-order valence-electron chi connectivity index (χ0n) is 15.2. The number of carbonyl (C=O) groups excluding carboxylic acids is 2. The lowest BCUT2D eigenvalue weighted by Gasteiger charge is -2.37. The fourth-order valence-corrected chi connectivity index (χ4v) is 3.43. The van der Waals surface area contributed by atoms with Gasteiger partial charge in [-0.1, -0.05) is 0 Å². The first-order valence-corrected chi connectivity index (χ1v) is 8.82. The molecular weight excluding hydrogens is 302 g/mol. The Morgan fingerprint density at radius 3 is 2.38 bits per heavy atom. The molecule has 2 N–H and O–H groups in total. The minimum atomic E-state index is -0.314. The van der Waals surface area contributed by atoms with Gasteiger partial charge in [0.25, 0.3) is 5.91 Å². The number of primary amides is 1. The van der Waals surface area contributed by atoms with Crippen LogP contribution in [0.2, 0.25) is 0 Å². The number of rotatable bonds is 5. The lowest BCUT2D eigenvalue weighted by molar-refractivity contribution is -0.123. The van der Waals surface area contributed by atoms with Crippen molar-refractivity contribution in [2.45, 2.75) is 52.6 Å². The molecule has 1 aliphatic heterocycles.